The lowest BCUT2D eigenvalue weighted by molar-refractivity contribution is 0.101. The summed E-state index contributed by atoms with van der Waals surface area (Å²) < 4.78 is 1.77. The highest BCUT2D eigenvalue weighted by molar-refractivity contribution is 6.36. The standard InChI is InChI=1S/C14H15Cl2N3O/c1-3-19-7-9(17)5-13(19)14(20)18-12-6-10(15)8(2)4-11(12)16/h4-7H,3,17H2,1-2H3,(H,18,20). The van der Waals surface area contributed by atoms with Gasteiger partial charge in [0.15, 0.2) is 0 Å². The Morgan fingerprint density at radius 1 is 1.30 bits per heavy atom. The Bertz CT molecular complexity index is 665. The van der Waals surface area contributed by atoms with E-state index in [1.165, 1.54) is 0 Å². The molecule has 106 valence electrons. The van der Waals surface area contributed by atoms with E-state index in [4.69, 9.17) is 28.9 Å². The molecule has 0 spiro atoms. The number of nitrogens with one attached hydrogen (secondary N) is 1. The van der Waals surface area contributed by atoms with Crippen molar-refractivity contribution in [2.45, 2.75) is 20.4 Å². The summed E-state index contributed by atoms with van der Waals surface area (Å²) in [6.07, 6.45) is 1.72. The predicted molar refractivity (Wildman–Crippen MR) is 83.7 cm³/mol. The van der Waals surface area contributed by atoms with Crippen molar-refractivity contribution < 1.29 is 4.79 Å². The minimum atomic E-state index is -0.273. The molecule has 1 heterocycles. The second-order valence-corrected chi connectivity index (χ2v) is 5.29. The van der Waals surface area contributed by atoms with Crippen LogP contribution in [0.4, 0.5) is 11.4 Å². The van der Waals surface area contributed by atoms with Crippen molar-refractivity contribution in [2.24, 2.45) is 0 Å². The van der Waals surface area contributed by atoms with Crippen LogP contribution in [-0.4, -0.2) is 10.5 Å². The number of carbonyl (C=O) groups is 1. The normalized spacial score (nSPS) is 10.6. The van der Waals surface area contributed by atoms with Crippen molar-refractivity contribution in [2.75, 3.05) is 11.1 Å². The summed E-state index contributed by atoms with van der Waals surface area (Å²) in [7, 11) is 0. The van der Waals surface area contributed by atoms with Crippen molar-refractivity contribution in [3.8, 4) is 0 Å². The largest absolute Gasteiger partial charge is 0.397 e. The van der Waals surface area contributed by atoms with Gasteiger partial charge in [0.1, 0.15) is 5.69 Å². The maximum atomic E-state index is 12.3. The van der Waals surface area contributed by atoms with E-state index in [2.05, 4.69) is 5.32 Å². The van der Waals surface area contributed by atoms with Crippen molar-refractivity contribution in [3.05, 3.63) is 45.7 Å². The summed E-state index contributed by atoms with van der Waals surface area (Å²) in [6.45, 7) is 4.44. The molecule has 0 fully saturated rings. The lowest BCUT2D eigenvalue weighted by atomic mass is 10.2. The van der Waals surface area contributed by atoms with E-state index in [0.29, 0.717) is 33.7 Å². The van der Waals surface area contributed by atoms with Gasteiger partial charge in [-0.25, -0.2) is 0 Å². The molecule has 6 heteroatoms. The van der Waals surface area contributed by atoms with Gasteiger partial charge >= 0.3 is 0 Å². The van der Waals surface area contributed by atoms with Crippen molar-refractivity contribution in [1.82, 2.24) is 4.57 Å². The van der Waals surface area contributed by atoms with Gasteiger partial charge < -0.3 is 15.6 Å². The van der Waals surface area contributed by atoms with Crippen LogP contribution in [-0.2, 0) is 6.54 Å². The first-order valence-electron chi connectivity index (χ1n) is 6.15. The number of aromatic nitrogens is 1. The second-order valence-electron chi connectivity index (χ2n) is 4.48. The number of nitrogen functional groups attached to an aromatic ring is 1. The summed E-state index contributed by atoms with van der Waals surface area (Å²) >= 11 is 12.1. The Labute approximate surface area is 127 Å². The highest BCUT2D eigenvalue weighted by Crippen LogP contribution is 2.29. The number of nitrogens with two attached hydrogens (primary N) is 1. The maximum Gasteiger partial charge on any atom is 0.272 e. The average Bonchev–Trinajstić information content (AvgIpc) is 2.77. The third-order valence-corrected chi connectivity index (χ3v) is 3.71. The average molecular weight is 312 g/mol. The molecule has 0 aliphatic rings. The molecule has 1 aromatic carbocycles. The summed E-state index contributed by atoms with van der Waals surface area (Å²) in [5, 5.41) is 3.75. The third-order valence-electron chi connectivity index (χ3n) is 2.99. The zero-order valence-corrected chi connectivity index (χ0v) is 12.7. The lowest BCUT2D eigenvalue weighted by Crippen LogP contribution is -2.16. The van der Waals surface area contributed by atoms with Crippen LogP contribution in [0.5, 0.6) is 0 Å². The Hall–Kier alpha value is -1.65. The third kappa shape index (κ3) is 2.92. The molecule has 0 atom stereocenters. The number of amides is 1. The number of hydrogen-bond acceptors (Lipinski definition) is 2. The van der Waals surface area contributed by atoms with Crippen LogP contribution in [0.2, 0.25) is 10.0 Å². The van der Waals surface area contributed by atoms with Crippen LogP contribution in [0, 0.1) is 6.92 Å². The predicted octanol–water partition coefficient (Wildman–Crippen LogP) is 3.96. The minimum absolute atomic E-state index is 0.273. The molecule has 4 nitrogen and oxygen atoms in total. The first kappa shape index (κ1) is 14.8. The van der Waals surface area contributed by atoms with E-state index in [0.717, 1.165) is 5.56 Å². The number of carbonyl (C=O) groups excluding carboxylic acids is 1. The molecular weight excluding hydrogens is 297 g/mol. The lowest BCUT2D eigenvalue weighted by Gasteiger charge is -2.10. The first-order valence-corrected chi connectivity index (χ1v) is 6.90. The monoisotopic (exact) mass is 311 g/mol. The van der Waals surface area contributed by atoms with Gasteiger partial charge in [0, 0.05) is 17.8 Å². The topological polar surface area (TPSA) is 60.0 Å². The summed E-state index contributed by atoms with van der Waals surface area (Å²) in [5.74, 6) is -0.273. The number of nitrogens with zero attached hydrogens (tertiary/aromatic N) is 1. The maximum absolute atomic E-state index is 12.3. The molecule has 0 saturated carbocycles. The van der Waals surface area contributed by atoms with E-state index in [1.54, 1.807) is 29.0 Å². The van der Waals surface area contributed by atoms with E-state index in [9.17, 15) is 4.79 Å². The fraction of sp³-hybridized carbons (Fsp3) is 0.214. The number of halogens is 2. The minimum Gasteiger partial charge on any atom is -0.397 e. The van der Waals surface area contributed by atoms with Gasteiger partial charge in [0.25, 0.3) is 5.91 Å². The highest BCUT2D eigenvalue weighted by atomic mass is 35.5. The van der Waals surface area contributed by atoms with Gasteiger partial charge in [-0.1, -0.05) is 23.2 Å². The second kappa shape index (κ2) is 5.77. The Kier molecular flexibility index (Phi) is 4.26. The van der Waals surface area contributed by atoms with Crippen molar-refractivity contribution >= 4 is 40.5 Å². The molecule has 0 bridgehead atoms. The first-order chi connectivity index (χ1) is 9.42. The molecule has 2 rings (SSSR count). The molecule has 0 aliphatic carbocycles. The molecule has 1 aromatic heterocycles. The highest BCUT2D eigenvalue weighted by Gasteiger charge is 2.14. The Balaban J connectivity index is 2.30. The van der Waals surface area contributed by atoms with Crippen molar-refractivity contribution in [3.63, 3.8) is 0 Å². The fourth-order valence-corrected chi connectivity index (χ4v) is 2.34. The van der Waals surface area contributed by atoms with Gasteiger partial charge in [-0.15, -0.1) is 0 Å². The molecule has 0 unspecified atom stereocenters. The number of aryl methyl sites for hydroxylation is 2. The fourth-order valence-electron chi connectivity index (χ4n) is 1.91. The molecule has 1 amide bonds. The molecule has 3 N–H and O–H groups in total. The van der Waals surface area contributed by atoms with E-state index < -0.39 is 0 Å². The Morgan fingerprint density at radius 3 is 2.65 bits per heavy atom. The van der Waals surface area contributed by atoms with Gasteiger partial charge in [-0.05, 0) is 37.6 Å². The Morgan fingerprint density at radius 2 is 2.00 bits per heavy atom. The van der Waals surface area contributed by atoms with Crippen LogP contribution in [0.3, 0.4) is 0 Å². The van der Waals surface area contributed by atoms with Crippen LogP contribution in [0.15, 0.2) is 24.4 Å². The zero-order chi connectivity index (χ0) is 14.9. The quantitative estimate of drug-likeness (QED) is 0.901. The molecular formula is C14H15Cl2N3O. The molecule has 0 saturated heterocycles. The molecule has 0 radical (unpaired) electrons. The molecule has 0 aliphatic heterocycles. The molecule has 2 aromatic rings. The SMILES string of the molecule is CCn1cc(N)cc1C(=O)Nc1cc(Cl)c(C)cc1Cl. The molecule has 20 heavy (non-hydrogen) atoms. The number of hydrogen-bond donors (Lipinski definition) is 2. The van der Waals surface area contributed by atoms with Gasteiger partial charge in [0.05, 0.1) is 16.4 Å². The smallest absolute Gasteiger partial charge is 0.272 e. The number of anilines is 2. The summed E-state index contributed by atoms with van der Waals surface area (Å²) in [4.78, 5) is 12.3. The van der Waals surface area contributed by atoms with Crippen LogP contribution < -0.4 is 11.1 Å². The van der Waals surface area contributed by atoms with Gasteiger partial charge in [0.2, 0.25) is 0 Å². The van der Waals surface area contributed by atoms with E-state index in [-0.39, 0.29) is 5.91 Å². The summed E-state index contributed by atoms with van der Waals surface area (Å²) in [5.41, 5.74) is 8.08. The van der Waals surface area contributed by atoms with E-state index in [1.807, 2.05) is 13.8 Å². The van der Waals surface area contributed by atoms with Gasteiger partial charge in [-0.2, -0.15) is 0 Å². The summed E-state index contributed by atoms with van der Waals surface area (Å²) in [6, 6.07) is 4.98. The van der Waals surface area contributed by atoms with Gasteiger partial charge in [-0.3, -0.25) is 4.79 Å². The number of benzene rings is 1. The zero-order valence-electron chi connectivity index (χ0n) is 11.2. The van der Waals surface area contributed by atoms with Crippen molar-refractivity contribution in [1.29, 1.82) is 0 Å². The van der Waals surface area contributed by atoms with Crippen LogP contribution in [0.25, 0.3) is 0 Å². The number of rotatable bonds is 3. The van der Waals surface area contributed by atoms with E-state index >= 15 is 0 Å². The van der Waals surface area contributed by atoms with Crippen LogP contribution >= 0.6 is 23.2 Å². The van der Waals surface area contributed by atoms with Crippen LogP contribution in [0.1, 0.15) is 23.0 Å².